The fraction of sp³-hybridized carbons (Fsp3) is 0. The van der Waals surface area contributed by atoms with Gasteiger partial charge in [0.1, 0.15) is 11.5 Å². The molecule has 0 radical (unpaired) electrons. The summed E-state index contributed by atoms with van der Waals surface area (Å²) in [5.41, 5.74) is 2.42. The first-order chi connectivity index (χ1) is 13.9. The first kappa shape index (κ1) is 20.2. The Balaban J connectivity index is 1.83. The number of halogens is 4. The van der Waals surface area contributed by atoms with E-state index >= 15 is 0 Å². The molecule has 0 unspecified atom stereocenters. The van der Waals surface area contributed by atoms with Crippen molar-refractivity contribution in [3.8, 4) is 0 Å². The average Bonchev–Trinajstić information content (AvgIpc) is 3.01. The van der Waals surface area contributed by atoms with Gasteiger partial charge in [0.05, 0.1) is 5.69 Å². The molecule has 0 aromatic heterocycles. The number of rotatable bonds is 3. The SMILES string of the molecule is O=C1/C(=C\c2ccc(Cl)cc2Cl)N=C(c2ccc(Br)cc2)N1c1ccc(Cl)cc1. The maximum atomic E-state index is 13.3. The number of carbonyl (C=O) groups is 1. The number of benzene rings is 3. The topological polar surface area (TPSA) is 32.7 Å². The molecule has 1 aliphatic heterocycles. The van der Waals surface area contributed by atoms with E-state index in [1.54, 1.807) is 53.4 Å². The summed E-state index contributed by atoms with van der Waals surface area (Å²) >= 11 is 21.7. The van der Waals surface area contributed by atoms with Crippen LogP contribution in [0.1, 0.15) is 11.1 Å². The number of anilines is 1. The maximum Gasteiger partial charge on any atom is 0.282 e. The van der Waals surface area contributed by atoms with E-state index in [2.05, 4.69) is 20.9 Å². The molecular formula is C22H12BrCl3N2O. The van der Waals surface area contributed by atoms with E-state index in [1.807, 2.05) is 24.3 Å². The Morgan fingerprint density at radius 3 is 2.17 bits per heavy atom. The Bertz CT molecular complexity index is 1160. The zero-order valence-electron chi connectivity index (χ0n) is 14.7. The lowest BCUT2D eigenvalue weighted by Crippen LogP contribution is -2.32. The van der Waals surface area contributed by atoms with Crippen molar-refractivity contribution in [2.45, 2.75) is 0 Å². The molecule has 1 heterocycles. The van der Waals surface area contributed by atoms with Crippen molar-refractivity contribution in [1.82, 2.24) is 0 Å². The predicted octanol–water partition coefficient (Wildman–Crippen LogP) is 7.24. The van der Waals surface area contributed by atoms with E-state index in [-0.39, 0.29) is 11.6 Å². The first-order valence-electron chi connectivity index (χ1n) is 8.54. The van der Waals surface area contributed by atoms with Crippen molar-refractivity contribution in [2.75, 3.05) is 4.90 Å². The number of aliphatic imine (C=N–C) groups is 1. The van der Waals surface area contributed by atoms with Crippen LogP contribution < -0.4 is 4.90 Å². The summed E-state index contributed by atoms with van der Waals surface area (Å²) in [5.74, 6) is 0.275. The molecule has 3 aromatic carbocycles. The molecule has 0 bridgehead atoms. The molecule has 3 aromatic rings. The molecule has 0 atom stereocenters. The van der Waals surface area contributed by atoms with Gasteiger partial charge in [0, 0.05) is 25.1 Å². The van der Waals surface area contributed by atoms with Crippen LogP contribution in [-0.4, -0.2) is 11.7 Å². The molecule has 29 heavy (non-hydrogen) atoms. The molecule has 144 valence electrons. The lowest BCUT2D eigenvalue weighted by Gasteiger charge is -2.18. The standard InChI is InChI=1S/C22H12BrCl3N2O/c23-15-4-1-13(2-5-15)21-27-20(11-14-3-6-17(25)12-19(14)26)22(29)28(21)18-9-7-16(24)8-10-18/h1-12H/b20-11+. The summed E-state index contributed by atoms with van der Waals surface area (Å²) in [6.45, 7) is 0. The molecule has 0 fully saturated rings. The Morgan fingerprint density at radius 1 is 0.862 bits per heavy atom. The van der Waals surface area contributed by atoms with Crippen molar-refractivity contribution in [2.24, 2.45) is 4.99 Å². The highest BCUT2D eigenvalue weighted by Crippen LogP contribution is 2.31. The van der Waals surface area contributed by atoms with Gasteiger partial charge >= 0.3 is 0 Å². The van der Waals surface area contributed by atoms with Gasteiger partial charge in [-0.15, -0.1) is 0 Å². The largest absolute Gasteiger partial charge is 0.282 e. The normalized spacial score (nSPS) is 15.2. The number of amidine groups is 1. The molecule has 0 spiro atoms. The van der Waals surface area contributed by atoms with Gasteiger partial charge in [0.15, 0.2) is 0 Å². The highest BCUT2D eigenvalue weighted by atomic mass is 79.9. The van der Waals surface area contributed by atoms with E-state index in [0.29, 0.717) is 32.2 Å². The molecule has 4 rings (SSSR count). The minimum atomic E-state index is -0.253. The second-order valence-electron chi connectivity index (χ2n) is 6.25. The molecule has 3 nitrogen and oxygen atoms in total. The third-order valence-electron chi connectivity index (χ3n) is 4.30. The number of hydrogen-bond acceptors (Lipinski definition) is 2. The van der Waals surface area contributed by atoms with Crippen LogP contribution in [0.5, 0.6) is 0 Å². The third-order valence-corrected chi connectivity index (χ3v) is 5.65. The Labute approximate surface area is 191 Å². The molecule has 0 saturated heterocycles. The Kier molecular flexibility index (Phi) is 5.79. The highest BCUT2D eigenvalue weighted by molar-refractivity contribution is 9.10. The molecule has 1 aliphatic rings. The van der Waals surface area contributed by atoms with Gasteiger partial charge in [-0.25, -0.2) is 4.99 Å². The number of carbonyl (C=O) groups excluding carboxylic acids is 1. The van der Waals surface area contributed by atoms with Crippen LogP contribution in [0.4, 0.5) is 5.69 Å². The number of nitrogens with zero attached hydrogens (tertiary/aromatic N) is 2. The van der Waals surface area contributed by atoms with Crippen LogP contribution >= 0.6 is 50.7 Å². The van der Waals surface area contributed by atoms with Gasteiger partial charge in [-0.1, -0.05) is 68.9 Å². The van der Waals surface area contributed by atoms with Crippen molar-refractivity contribution in [1.29, 1.82) is 0 Å². The lowest BCUT2D eigenvalue weighted by molar-refractivity contribution is -0.113. The van der Waals surface area contributed by atoms with Crippen molar-refractivity contribution in [3.63, 3.8) is 0 Å². The van der Waals surface area contributed by atoms with E-state index in [4.69, 9.17) is 34.8 Å². The fourth-order valence-electron chi connectivity index (χ4n) is 2.90. The van der Waals surface area contributed by atoms with Gasteiger partial charge < -0.3 is 0 Å². The van der Waals surface area contributed by atoms with Crippen molar-refractivity contribution < 1.29 is 4.79 Å². The van der Waals surface area contributed by atoms with Gasteiger partial charge in [0.2, 0.25) is 0 Å². The van der Waals surface area contributed by atoms with Gasteiger partial charge in [-0.3, -0.25) is 9.69 Å². The molecular weight excluding hydrogens is 495 g/mol. The molecule has 0 saturated carbocycles. The van der Waals surface area contributed by atoms with Gasteiger partial charge in [-0.05, 0) is 60.2 Å². The third kappa shape index (κ3) is 4.26. The van der Waals surface area contributed by atoms with Gasteiger partial charge in [0.25, 0.3) is 5.91 Å². The van der Waals surface area contributed by atoms with Crippen LogP contribution in [0.15, 0.2) is 81.9 Å². The first-order valence-corrected chi connectivity index (χ1v) is 10.5. The lowest BCUT2D eigenvalue weighted by atomic mass is 10.1. The van der Waals surface area contributed by atoms with Crippen molar-refractivity contribution in [3.05, 3.63) is 103 Å². The summed E-state index contributed by atoms with van der Waals surface area (Å²) in [6, 6.07) is 19.8. The van der Waals surface area contributed by atoms with Crippen LogP contribution in [0.2, 0.25) is 15.1 Å². The minimum absolute atomic E-state index is 0.253. The quantitative estimate of drug-likeness (QED) is 0.345. The van der Waals surface area contributed by atoms with E-state index < -0.39 is 0 Å². The zero-order valence-corrected chi connectivity index (χ0v) is 18.6. The van der Waals surface area contributed by atoms with Crippen LogP contribution in [0.25, 0.3) is 6.08 Å². The molecule has 0 N–H and O–H groups in total. The van der Waals surface area contributed by atoms with E-state index in [9.17, 15) is 4.79 Å². The van der Waals surface area contributed by atoms with Crippen LogP contribution in [0.3, 0.4) is 0 Å². The van der Waals surface area contributed by atoms with Gasteiger partial charge in [-0.2, -0.15) is 0 Å². The monoisotopic (exact) mass is 504 g/mol. The highest BCUT2D eigenvalue weighted by Gasteiger charge is 2.32. The van der Waals surface area contributed by atoms with Crippen molar-refractivity contribution >= 4 is 74.2 Å². The fourth-order valence-corrected chi connectivity index (χ4v) is 3.76. The van der Waals surface area contributed by atoms with E-state index in [1.165, 1.54) is 0 Å². The summed E-state index contributed by atoms with van der Waals surface area (Å²) in [5, 5.41) is 1.56. The van der Waals surface area contributed by atoms with Crippen LogP contribution in [-0.2, 0) is 4.79 Å². The average molecular weight is 507 g/mol. The van der Waals surface area contributed by atoms with E-state index in [0.717, 1.165) is 10.0 Å². The Morgan fingerprint density at radius 2 is 1.52 bits per heavy atom. The Hall–Kier alpha value is -2.11. The predicted molar refractivity (Wildman–Crippen MR) is 124 cm³/mol. The summed E-state index contributed by atoms with van der Waals surface area (Å²) in [7, 11) is 0. The summed E-state index contributed by atoms with van der Waals surface area (Å²) < 4.78 is 0.938. The van der Waals surface area contributed by atoms with Crippen LogP contribution in [0, 0.1) is 0 Å². The number of hydrogen-bond donors (Lipinski definition) is 0. The summed E-state index contributed by atoms with van der Waals surface area (Å²) in [6.07, 6.45) is 1.66. The zero-order chi connectivity index (χ0) is 20.5. The molecule has 0 aliphatic carbocycles. The minimum Gasteiger partial charge on any atom is -0.266 e. The molecule has 7 heteroatoms. The second kappa shape index (κ2) is 8.33. The maximum absolute atomic E-state index is 13.3. The molecule has 1 amide bonds. The number of amides is 1. The summed E-state index contributed by atoms with van der Waals surface area (Å²) in [4.78, 5) is 19.4. The second-order valence-corrected chi connectivity index (χ2v) is 8.45. The smallest absolute Gasteiger partial charge is 0.266 e.